The molecule has 1 fully saturated rings. The number of hydrogen-bond donors (Lipinski definition) is 1. The monoisotopic (exact) mass is 322 g/mol. The molecule has 0 spiro atoms. The first-order valence-electron chi connectivity index (χ1n) is 7.33. The lowest BCUT2D eigenvalue weighted by atomic mass is 10.2. The number of carbonyl (C=O) groups is 2. The topological polar surface area (TPSA) is 83.6 Å². The number of carbonyl (C=O) groups excluding carboxylic acids is 2. The van der Waals surface area contributed by atoms with E-state index in [4.69, 9.17) is 0 Å². The lowest BCUT2D eigenvalue weighted by Gasteiger charge is -2.18. The molecule has 118 valence electrons. The Hall–Kier alpha value is -1.89. The van der Waals surface area contributed by atoms with E-state index in [9.17, 15) is 18.0 Å². The number of nitrogens with one attached hydrogen (secondary N) is 1. The van der Waals surface area contributed by atoms with Gasteiger partial charge in [-0.2, -0.15) is 0 Å². The maximum absolute atomic E-state index is 12.3. The maximum atomic E-state index is 12.3. The fourth-order valence-electron chi connectivity index (χ4n) is 3.02. The van der Waals surface area contributed by atoms with Crippen LogP contribution >= 0.6 is 0 Å². The van der Waals surface area contributed by atoms with Gasteiger partial charge in [0.05, 0.1) is 11.5 Å². The molecule has 0 saturated carbocycles. The lowest BCUT2D eigenvalue weighted by Crippen LogP contribution is -2.39. The molecular formula is C15H18N2O4S. The summed E-state index contributed by atoms with van der Waals surface area (Å²) >= 11 is 0. The van der Waals surface area contributed by atoms with E-state index in [0.717, 1.165) is 17.7 Å². The van der Waals surface area contributed by atoms with Gasteiger partial charge in [0.1, 0.15) is 6.42 Å². The molecule has 1 aromatic carbocycles. The van der Waals surface area contributed by atoms with Crippen LogP contribution in [0.3, 0.4) is 0 Å². The van der Waals surface area contributed by atoms with Crippen LogP contribution in [0.4, 0.5) is 5.69 Å². The average molecular weight is 322 g/mol. The van der Waals surface area contributed by atoms with E-state index in [1.54, 1.807) is 4.90 Å². The fourth-order valence-corrected chi connectivity index (χ4v) is 4.69. The Labute approximate surface area is 129 Å². The molecule has 3 rings (SSSR count). The molecule has 1 unspecified atom stereocenters. The molecule has 0 aliphatic carbocycles. The van der Waals surface area contributed by atoms with Crippen LogP contribution in [-0.2, 0) is 25.8 Å². The van der Waals surface area contributed by atoms with Gasteiger partial charge in [0.15, 0.2) is 9.84 Å². The molecule has 6 nitrogen and oxygen atoms in total. The van der Waals surface area contributed by atoms with Crippen molar-refractivity contribution in [2.24, 2.45) is 0 Å². The number of nitrogens with zero attached hydrogens (tertiary/aromatic N) is 1. The Balaban J connectivity index is 1.58. The quantitative estimate of drug-likeness (QED) is 0.810. The van der Waals surface area contributed by atoms with Crippen molar-refractivity contribution in [2.75, 3.05) is 23.0 Å². The zero-order chi connectivity index (χ0) is 15.7. The third-order valence-electron chi connectivity index (χ3n) is 4.10. The Kier molecular flexibility index (Phi) is 3.90. The van der Waals surface area contributed by atoms with Gasteiger partial charge in [0.2, 0.25) is 11.8 Å². The molecule has 1 atom stereocenters. The molecule has 2 aliphatic heterocycles. The van der Waals surface area contributed by atoms with E-state index in [-0.39, 0.29) is 29.9 Å². The van der Waals surface area contributed by atoms with E-state index in [1.165, 1.54) is 0 Å². The number of sulfone groups is 1. The largest absolute Gasteiger partial charge is 0.352 e. The van der Waals surface area contributed by atoms with Crippen LogP contribution in [0.1, 0.15) is 18.4 Å². The van der Waals surface area contributed by atoms with Gasteiger partial charge >= 0.3 is 0 Å². The van der Waals surface area contributed by atoms with Gasteiger partial charge in [0.25, 0.3) is 0 Å². The molecule has 1 saturated heterocycles. The number of anilines is 1. The highest BCUT2D eigenvalue weighted by atomic mass is 32.2. The minimum absolute atomic E-state index is 0.0283. The van der Waals surface area contributed by atoms with Crippen molar-refractivity contribution in [1.29, 1.82) is 0 Å². The minimum Gasteiger partial charge on any atom is -0.352 e. The summed E-state index contributed by atoms with van der Waals surface area (Å²) in [6, 6.07) is 7.29. The van der Waals surface area contributed by atoms with E-state index in [1.807, 2.05) is 24.3 Å². The van der Waals surface area contributed by atoms with E-state index in [2.05, 4.69) is 5.32 Å². The van der Waals surface area contributed by atoms with Crippen LogP contribution in [0.5, 0.6) is 0 Å². The highest BCUT2D eigenvalue weighted by Gasteiger charge is 2.30. The SMILES string of the molecule is O=C(CC(=O)N1CCc2ccccc21)NC1CCS(=O)(=O)C1. The summed E-state index contributed by atoms with van der Waals surface area (Å²) < 4.78 is 22.7. The third-order valence-corrected chi connectivity index (χ3v) is 5.87. The second-order valence-electron chi connectivity index (χ2n) is 5.77. The van der Waals surface area contributed by atoms with E-state index >= 15 is 0 Å². The molecule has 2 amide bonds. The Morgan fingerprint density at radius 1 is 1.27 bits per heavy atom. The van der Waals surface area contributed by atoms with Gasteiger partial charge in [-0.25, -0.2) is 8.42 Å². The molecule has 2 heterocycles. The summed E-state index contributed by atoms with van der Waals surface area (Å²) in [7, 11) is -3.04. The molecule has 1 N–H and O–H groups in total. The lowest BCUT2D eigenvalue weighted by molar-refractivity contribution is -0.128. The van der Waals surface area contributed by atoms with Crippen molar-refractivity contribution in [3.63, 3.8) is 0 Å². The van der Waals surface area contributed by atoms with E-state index in [0.29, 0.717) is 13.0 Å². The highest BCUT2D eigenvalue weighted by Crippen LogP contribution is 2.27. The summed E-state index contributed by atoms with van der Waals surface area (Å²) in [6.45, 7) is 0.587. The zero-order valence-electron chi connectivity index (χ0n) is 12.1. The zero-order valence-corrected chi connectivity index (χ0v) is 12.9. The van der Waals surface area contributed by atoms with Gasteiger partial charge in [0, 0.05) is 18.3 Å². The van der Waals surface area contributed by atoms with Crippen molar-refractivity contribution in [3.05, 3.63) is 29.8 Å². The molecule has 7 heteroatoms. The number of amides is 2. The number of fused-ring (bicyclic) bond motifs is 1. The molecule has 22 heavy (non-hydrogen) atoms. The summed E-state index contributed by atoms with van der Waals surface area (Å²) in [5.41, 5.74) is 1.97. The Morgan fingerprint density at radius 3 is 2.77 bits per heavy atom. The first-order valence-corrected chi connectivity index (χ1v) is 9.15. The fraction of sp³-hybridized carbons (Fsp3) is 0.467. The normalized spacial score (nSPS) is 22.4. The number of hydrogen-bond acceptors (Lipinski definition) is 4. The minimum atomic E-state index is -3.04. The molecule has 1 aromatic rings. The molecule has 2 aliphatic rings. The second-order valence-corrected chi connectivity index (χ2v) is 8.00. The second kappa shape index (κ2) is 5.72. The van der Waals surface area contributed by atoms with E-state index < -0.39 is 15.7 Å². The predicted octanol–water partition coefficient (Wildman–Crippen LogP) is 0.269. The first-order chi connectivity index (χ1) is 10.4. The summed E-state index contributed by atoms with van der Waals surface area (Å²) in [5.74, 6) is -0.579. The Morgan fingerprint density at radius 2 is 2.05 bits per heavy atom. The number of rotatable bonds is 3. The van der Waals surface area contributed by atoms with Crippen LogP contribution in [0.25, 0.3) is 0 Å². The van der Waals surface area contributed by atoms with Crippen LogP contribution < -0.4 is 10.2 Å². The highest BCUT2D eigenvalue weighted by molar-refractivity contribution is 7.91. The summed E-state index contributed by atoms with van der Waals surface area (Å²) in [4.78, 5) is 25.8. The van der Waals surface area contributed by atoms with Crippen molar-refractivity contribution in [3.8, 4) is 0 Å². The van der Waals surface area contributed by atoms with Crippen LogP contribution in [0.15, 0.2) is 24.3 Å². The Bertz CT molecular complexity index is 714. The smallest absolute Gasteiger partial charge is 0.236 e. The molecule has 0 aromatic heterocycles. The predicted molar refractivity (Wildman–Crippen MR) is 82.3 cm³/mol. The third kappa shape index (κ3) is 3.14. The average Bonchev–Trinajstić information content (AvgIpc) is 3.02. The first kappa shape index (κ1) is 15.0. The molecular weight excluding hydrogens is 304 g/mol. The van der Waals surface area contributed by atoms with Gasteiger partial charge in [-0.3, -0.25) is 9.59 Å². The van der Waals surface area contributed by atoms with Crippen LogP contribution in [0, 0.1) is 0 Å². The number of para-hydroxylation sites is 1. The van der Waals surface area contributed by atoms with Crippen molar-refractivity contribution < 1.29 is 18.0 Å². The van der Waals surface area contributed by atoms with Crippen LogP contribution in [0.2, 0.25) is 0 Å². The van der Waals surface area contributed by atoms with Crippen molar-refractivity contribution >= 4 is 27.3 Å². The van der Waals surface area contributed by atoms with Gasteiger partial charge < -0.3 is 10.2 Å². The van der Waals surface area contributed by atoms with Gasteiger partial charge in [-0.05, 0) is 24.5 Å². The standard InChI is InChI=1S/C15H18N2O4S/c18-14(16-12-6-8-22(20,21)10-12)9-15(19)17-7-5-11-3-1-2-4-13(11)17/h1-4,12H,5-10H2,(H,16,18). The summed E-state index contributed by atoms with van der Waals surface area (Å²) in [6.07, 6.45) is 0.976. The van der Waals surface area contributed by atoms with Crippen molar-refractivity contribution in [2.45, 2.75) is 25.3 Å². The van der Waals surface area contributed by atoms with Crippen molar-refractivity contribution in [1.82, 2.24) is 5.32 Å². The summed E-state index contributed by atoms with van der Waals surface area (Å²) in [5, 5.41) is 2.65. The van der Waals surface area contributed by atoms with Gasteiger partial charge in [-0.1, -0.05) is 18.2 Å². The number of benzene rings is 1. The van der Waals surface area contributed by atoms with Gasteiger partial charge in [-0.15, -0.1) is 0 Å². The van der Waals surface area contributed by atoms with Crippen LogP contribution in [-0.4, -0.2) is 44.3 Å². The molecule has 0 bridgehead atoms. The molecule has 0 radical (unpaired) electrons. The maximum Gasteiger partial charge on any atom is 0.236 e.